The van der Waals surface area contributed by atoms with Crippen molar-refractivity contribution in [2.45, 2.75) is 6.43 Å². The van der Waals surface area contributed by atoms with Crippen molar-refractivity contribution >= 4 is 22.6 Å². The summed E-state index contributed by atoms with van der Waals surface area (Å²) >= 11 is 1.97. The van der Waals surface area contributed by atoms with E-state index in [1.54, 1.807) is 0 Å². The van der Waals surface area contributed by atoms with Gasteiger partial charge in [0.2, 0.25) is 0 Å². The smallest absolute Gasteiger partial charge is 0.280 e. The van der Waals surface area contributed by atoms with Crippen LogP contribution in [0.2, 0.25) is 0 Å². The van der Waals surface area contributed by atoms with E-state index in [2.05, 4.69) is 4.98 Å². The summed E-state index contributed by atoms with van der Waals surface area (Å²) < 4.78 is 29.8. The fourth-order valence-corrected chi connectivity index (χ4v) is 1.23. The molecule has 0 aliphatic rings. The van der Waals surface area contributed by atoms with Gasteiger partial charge in [-0.25, -0.2) is 8.78 Å². The normalized spacial score (nSPS) is 10.4. The number of methoxy groups -OCH3 is 1. The van der Waals surface area contributed by atoms with E-state index in [4.69, 9.17) is 4.74 Å². The molecule has 66 valence electrons. The zero-order valence-corrected chi connectivity index (χ0v) is 8.38. The van der Waals surface area contributed by atoms with E-state index in [0.29, 0.717) is 5.75 Å². The largest absolute Gasteiger partial charge is 0.496 e. The van der Waals surface area contributed by atoms with Gasteiger partial charge in [-0.2, -0.15) is 0 Å². The molecule has 5 heteroatoms. The summed E-state index contributed by atoms with van der Waals surface area (Å²) in [6, 6.07) is 1.24. The standard InChI is InChI=1S/C7H6F2INO/c1-12-6-2-5(7(8)9)11-3-4(6)10/h2-3,7H,1H3. The first kappa shape index (κ1) is 9.63. The van der Waals surface area contributed by atoms with Gasteiger partial charge in [0.15, 0.2) is 0 Å². The second-order valence-electron chi connectivity index (χ2n) is 2.04. The van der Waals surface area contributed by atoms with Crippen LogP contribution in [0.1, 0.15) is 12.1 Å². The van der Waals surface area contributed by atoms with Crippen molar-refractivity contribution in [3.05, 3.63) is 21.5 Å². The topological polar surface area (TPSA) is 22.1 Å². The van der Waals surface area contributed by atoms with Crippen molar-refractivity contribution in [3.8, 4) is 5.75 Å². The number of nitrogens with zero attached hydrogens (tertiary/aromatic N) is 1. The van der Waals surface area contributed by atoms with Crippen LogP contribution >= 0.6 is 22.6 Å². The first-order chi connectivity index (χ1) is 5.65. The SMILES string of the molecule is COc1cc(C(F)F)ncc1I. The van der Waals surface area contributed by atoms with E-state index in [9.17, 15) is 8.78 Å². The van der Waals surface area contributed by atoms with Crippen LogP contribution in [0, 0.1) is 3.57 Å². The van der Waals surface area contributed by atoms with E-state index < -0.39 is 6.43 Å². The van der Waals surface area contributed by atoms with Crippen LogP contribution in [0.25, 0.3) is 0 Å². The summed E-state index contributed by atoms with van der Waals surface area (Å²) in [5.41, 5.74) is -0.257. The Labute approximate surface area is 82.1 Å². The van der Waals surface area contributed by atoms with E-state index in [0.717, 1.165) is 3.57 Å². The van der Waals surface area contributed by atoms with Crippen LogP contribution < -0.4 is 4.74 Å². The van der Waals surface area contributed by atoms with Gasteiger partial charge in [-0.05, 0) is 22.6 Å². The van der Waals surface area contributed by atoms with Crippen molar-refractivity contribution in [2.24, 2.45) is 0 Å². The van der Waals surface area contributed by atoms with Gasteiger partial charge in [-0.3, -0.25) is 4.98 Å². The molecule has 12 heavy (non-hydrogen) atoms. The maximum Gasteiger partial charge on any atom is 0.280 e. The molecule has 0 fully saturated rings. The molecule has 0 amide bonds. The van der Waals surface area contributed by atoms with Gasteiger partial charge >= 0.3 is 0 Å². The Kier molecular flexibility index (Phi) is 3.19. The number of ether oxygens (including phenoxy) is 1. The molecular weight excluding hydrogens is 279 g/mol. The molecule has 1 aromatic heterocycles. The van der Waals surface area contributed by atoms with Crippen LogP contribution in [-0.2, 0) is 0 Å². The Morgan fingerprint density at radius 2 is 2.25 bits per heavy atom. The average Bonchev–Trinajstić information content (AvgIpc) is 2.05. The molecule has 0 aromatic carbocycles. The number of hydrogen-bond donors (Lipinski definition) is 0. The molecule has 0 saturated heterocycles. The number of alkyl halides is 2. The highest BCUT2D eigenvalue weighted by Gasteiger charge is 2.11. The molecule has 1 heterocycles. The number of pyridine rings is 1. The van der Waals surface area contributed by atoms with E-state index in [-0.39, 0.29) is 5.69 Å². The molecule has 0 bridgehead atoms. The van der Waals surface area contributed by atoms with Crippen LogP contribution in [0.4, 0.5) is 8.78 Å². The highest BCUT2D eigenvalue weighted by molar-refractivity contribution is 14.1. The minimum Gasteiger partial charge on any atom is -0.496 e. The zero-order chi connectivity index (χ0) is 9.14. The van der Waals surface area contributed by atoms with Gasteiger partial charge in [0, 0.05) is 12.3 Å². The lowest BCUT2D eigenvalue weighted by atomic mass is 10.3. The monoisotopic (exact) mass is 285 g/mol. The van der Waals surface area contributed by atoms with Crippen molar-refractivity contribution in [2.75, 3.05) is 7.11 Å². The molecule has 0 aliphatic heterocycles. The molecule has 0 unspecified atom stereocenters. The third kappa shape index (κ3) is 2.02. The Balaban J connectivity index is 3.05. The van der Waals surface area contributed by atoms with E-state index in [1.165, 1.54) is 19.4 Å². The van der Waals surface area contributed by atoms with Crippen LogP contribution in [0.15, 0.2) is 12.3 Å². The van der Waals surface area contributed by atoms with Crippen LogP contribution in [-0.4, -0.2) is 12.1 Å². The van der Waals surface area contributed by atoms with Gasteiger partial charge in [0.25, 0.3) is 6.43 Å². The molecule has 0 atom stereocenters. The zero-order valence-electron chi connectivity index (χ0n) is 6.22. The minimum absolute atomic E-state index is 0.257. The summed E-state index contributed by atoms with van der Waals surface area (Å²) in [6.07, 6.45) is -1.18. The Bertz CT molecular complexity index is 280. The lowest BCUT2D eigenvalue weighted by molar-refractivity contribution is 0.145. The first-order valence-electron chi connectivity index (χ1n) is 3.12. The predicted octanol–water partition coefficient (Wildman–Crippen LogP) is 2.63. The lowest BCUT2D eigenvalue weighted by Gasteiger charge is -2.04. The lowest BCUT2D eigenvalue weighted by Crippen LogP contribution is -1.94. The average molecular weight is 285 g/mol. The first-order valence-corrected chi connectivity index (χ1v) is 4.20. The molecule has 0 radical (unpaired) electrons. The van der Waals surface area contributed by atoms with E-state index >= 15 is 0 Å². The van der Waals surface area contributed by atoms with Gasteiger partial charge in [0.05, 0.1) is 10.7 Å². The summed E-state index contributed by atoms with van der Waals surface area (Å²) in [7, 11) is 1.44. The van der Waals surface area contributed by atoms with Gasteiger partial charge in [-0.1, -0.05) is 0 Å². The van der Waals surface area contributed by atoms with Gasteiger partial charge in [0.1, 0.15) is 11.4 Å². The third-order valence-electron chi connectivity index (χ3n) is 1.28. The molecular formula is C7H6F2INO. The molecule has 1 rings (SSSR count). The number of rotatable bonds is 2. The third-order valence-corrected chi connectivity index (χ3v) is 2.09. The second-order valence-corrected chi connectivity index (χ2v) is 3.21. The quantitative estimate of drug-likeness (QED) is 0.779. The second kappa shape index (κ2) is 3.97. The summed E-state index contributed by atoms with van der Waals surface area (Å²) in [5.74, 6) is 0.431. The Morgan fingerprint density at radius 3 is 2.75 bits per heavy atom. The van der Waals surface area contributed by atoms with Crippen molar-refractivity contribution in [1.29, 1.82) is 0 Å². The highest BCUT2D eigenvalue weighted by atomic mass is 127. The van der Waals surface area contributed by atoms with Crippen molar-refractivity contribution in [1.82, 2.24) is 4.98 Å². The van der Waals surface area contributed by atoms with E-state index in [1.807, 2.05) is 22.6 Å². The summed E-state index contributed by atoms with van der Waals surface area (Å²) in [4.78, 5) is 3.55. The Morgan fingerprint density at radius 1 is 1.58 bits per heavy atom. The Hall–Kier alpha value is -0.460. The summed E-state index contributed by atoms with van der Waals surface area (Å²) in [6.45, 7) is 0. The van der Waals surface area contributed by atoms with Crippen LogP contribution in [0.3, 0.4) is 0 Å². The number of halogens is 3. The molecule has 0 aliphatic carbocycles. The molecule has 0 saturated carbocycles. The maximum absolute atomic E-state index is 12.1. The molecule has 2 nitrogen and oxygen atoms in total. The van der Waals surface area contributed by atoms with Gasteiger partial charge in [-0.15, -0.1) is 0 Å². The highest BCUT2D eigenvalue weighted by Crippen LogP contribution is 2.24. The van der Waals surface area contributed by atoms with Gasteiger partial charge < -0.3 is 4.74 Å². The van der Waals surface area contributed by atoms with Crippen molar-refractivity contribution in [3.63, 3.8) is 0 Å². The number of aromatic nitrogens is 1. The fourth-order valence-electron chi connectivity index (χ4n) is 0.711. The molecule has 0 spiro atoms. The molecule has 0 N–H and O–H groups in total. The summed E-state index contributed by atoms with van der Waals surface area (Å²) in [5, 5.41) is 0. The van der Waals surface area contributed by atoms with Crippen molar-refractivity contribution < 1.29 is 13.5 Å². The minimum atomic E-state index is -2.55. The number of hydrogen-bond acceptors (Lipinski definition) is 2. The van der Waals surface area contributed by atoms with Crippen LogP contribution in [0.5, 0.6) is 5.75 Å². The fraction of sp³-hybridized carbons (Fsp3) is 0.286. The maximum atomic E-state index is 12.1. The predicted molar refractivity (Wildman–Crippen MR) is 48.5 cm³/mol. The molecule has 1 aromatic rings.